The van der Waals surface area contributed by atoms with Gasteiger partial charge in [0.05, 0.1) is 12.6 Å². The molecule has 1 aromatic heterocycles. The van der Waals surface area contributed by atoms with Gasteiger partial charge in [0.2, 0.25) is 0 Å². The van der Waals surface area contributed by atoms with Crippen LogP contribution in [0.1, 0.15) is 40.2 Å². The number of carbonyl (C=O) groups excluding carboxylic acids is 1. The fourth-order valence-corrected chi connectivity index (χ4v) is 4.68. The number of hydrogen-bond acceptors (Lipinski definition) is 4. The summed E-state index contributed by atoms with van der Waals surface area (Å²) >= 11 is 0. The summed E-state index contributed by atoms with van der Waals surface area (Å²) < 4.78 is 8.06. The lowest BCUT2D eigenvalue weighted by atomic mass is 10.1. The van der Waals surface area contributed by atoms with Crippen LogP contribution in [0.4, 0.5) is 0 Å². The zero-order valence-electron chi connectivity index (χ0n) is 18.9. The minimum atomic E-state index is 0.240. The molecule has 0 bridgehead atoms. The molecule has 4 rings (SSSR count). The van der Waals surface area contributed by atoms with Gasteiger partial charge in [-0.2, -0.15) is 0 Å². The van der Waals surface area contributed by atoms with E-state index in [1.807, 2.05) is 6.07 Å². The highest BCUT2D eigenvalue weighted by Gasteiger charge is 2.23. The third-order valence-electron chi connectivity index (χ3n) is 6.59. The molecule has 0 spiro atoms. The van der Waals surface area contributed by atoms with Crippen LogP contribution < -0.4 is 0 Å². The first-order chi connectivity index (χ1) is 15.1. The van der Waals surface area contributed by atoms with Crippen LogP contribution in [0.3, 0.4) is 0 Å². The molecule has 2 aliphatic rings. The molecule has 31 heavy (non-hydrogen) atoms. The molecule has 0 aliphatic carbocycles. The summed E-state index contributed by atoms with van der Waals surface area (Å²) in [4.78, 5) is 17.8. The summed E-state index contributed by atoms with van der Waals surface area (Å²) in [5.41, 5.74) is 4.36. The number of ketones is 1. The maximum atomic E-state index is 13.0. The monoisotopic (exact) mass is 421 g/mol. The van der Waals surface area contributed by atoms with Gasteiger partial charge in [-0.1, -0.05) is 42.5 Å². The maximum Gasteiger partial charge on any atom is 0.178 e. The van der Waals surface area contributed by atoms with E-state index >= 15 is 0 Å². The Hall–Kier alpha value is -2.21. The fraction of sp³-hybridized carbons (Fsp3) is 0.500. The molecule has 1 aromatic carbocycles. The quantitative estimate of drug-likeness (QED) is 0.608. The van der Waals surface area contributed by atoms with Gasteiger partial charge >= 0.3 is 0 Å². The molecule has 5 nitrogen and oxygen atoms in total. The second-order valence-electron chi connectivity index (χ2n) is 8.84. The molecule has 3 heterocycles. The van der Waals surface area contributed by atoms with Crippen LogP contribution in [0, 0.1) is 13.8 Å². The predicted molar refractivity (Wildman–Crippen MR) is 126 cm³/mol. The standard InChI is InChI=1S/C26H35N3O2/c1-21-18-25(22(2)29(21)19-24-11-7-17-31-24)26(30)20-28-15-13-27(14-16-28)12-6-10-23-8-4-3-5-9-23/h3-6,8-10,18,24H,7,11-17,19-20H2,1-2H3/b10-6+/t24-/m1/s1. The van der Waals surface area contributed by atoms with Gasteiger partial charge < -0.3 is 9.30 Å². The molecule has 0 N–H and O–H groups in total. The van der Waals surface area contributed by atoms with E-state index in [0.29, 0.717) is 6.54 Å². The molecule has 0 unspecified atom stereocenters. The van der Waals surface area contributed by atoms with Crippen LogP contribution in [0.15, 0.2) is 42.5 Å². The first-order valence-corrected chi connectivity index (χ1v) is 11.6. The predicted octanol–water partition coefficient (Wildman–Crippen LogP) is 3.80. The van der Waals surface area contributed by atoms with Crippen LogP contribution in [0.25, 0.3) is 6.08 Å². The Balaban J connectivity index is 1.26. The number of hydrogen-bond donors (Lipinski definition) is 0. The molecule has 5 heteroatoms. The summed E-state index contributed by atoms with van der Waals surface area (Å²) in [6, 6.07) is 12.5. The third-order valence-corrected chi connectivity index (χ3v) is 6.59. The van der Waals surface area contributed by atoms with Crippen LogP contribution in [-0.2, 0) is 11.3 Å². The van der Waals surface area contributed by atoms with E-state index in [9.17, 15) is 4.79 Å². The van der Waals surface area contributed by atoms with Crippen molar-refractivity contribution in [2.24, 2.45) is 0 Å². The van der Waals surface area contributed by atoms with Crippen molar-refractivity contribution in [3.05, 3.63) is 65.0 Å². The van der Waals surface area contributed by atoms with Crippen LogP contribution >= 0.6 is 0 Å². The Labute approximate surface area is 186 Å². The number of carbonyl (C=O) groups is 1. The van der Waals surface area contributed by atoms with E-state index in [0.717, 1.165) is 75.7 Å². The van der Waals surface area contributed by atoms with Crippen LogP contribution in [0.2, 0.25) is 0 Å². The van der Waals surface area contributed by atoms with E-state index in [1.165, 1.54) is 5.56 Å². The molecular formula is C26H35N3O2. The normalized spacial score (nSPS) is 20.6. The van der Waals surface area contributed by atoms with E-state index in [-0.39, 0.29) is 11.9 Å². The number of aromatic nitrogens is 1. The third kappa shape index (κ3) is 5.73. The van der Waals surface area contributed by atoms with Gasteiger partial charge in [-0.05, 0) is 38.3 Å². The zero-order valence-corrected chi connectivity index (χ0v) is 18.9. The zero-order chi connectivity index (χ0) is 21.6. The van der Waals surface area contributed by atoms with Gasteiger partial charge in [0, 0.05) is 62.8 Å². The smallest absolute Gasteiger partial charge is 0.178 e. The maximum absolute atomic E-state index is 13.0. The Morgan fingerprint density at radius 3 is 2.55 bits per heavy atom. The van der Waals surface area contributed by atoms with Crippen LogP contribution in [-0.4, -0.2) is 72.1 Å². The summed E-state index contributed by atoms with van der Waals surface area (Å²) in [5.74, 6) is 0.240. The number of Topliss-reactive ketones (excluding diaryl/α,β-unsaturated/α-hetero) is 1. The Morgan fingerprint density at radius 2 is 1.84 bits per heavy atom. The molecule has 2 saturated heterocycles. The second kappa shape index (κ2) is 10.4. The lowest BCUT2D eigenvalue weighted by Gasteiger charge is -2.33. The van der Waals surface area contributed by atoms with Gasteiger partial charge in [0.1, 0.15) is 0 Å². The van der Waals surface area contributed by atoms with Crippen molar-refractivity contribution in [3.8, 4) is 0 Å². The summed E-state index contributed by atoms with van der Waals surface area (Å²) in [5, 5.41) is 0. The van der Waals surface area contributed by atoms with Gasteiger partial charge in [0.15, 0.2) is 5.78 Å². The first kappa shape index (κ1) is 22.0. The van der Waals surface area contributed by atoms with Gasteiger partial charge in [0.25, 0.3) is 0 Å². The van der Waals surface area contributed by atoms with Gasteiger partial charge in [-0.3, -0.25) is 14.6 Å². The van der Waals surface area contributed by atoms with E-state index < -0.39 is 0 Å². The van der Waals surface area contributed by atoms with Crippen molar-refractivity contribution in [2.75, 3.05) is 45.9 Å². The van der Waals surface area contributed by atoms with Gasteiger partial charge in [-0.15, -0.1) is 0 Å². The van der Waals surface area contributed by atoms with Gasteiger partial charge in [-0.25, -0.2) is 0 Å². The molecule has 1 atom stereocenters. The van der Waals surface area contributed by atoms with Crippen molar-refractivity contribution in [3.63, 3.8) is 0 Å². The summed E-state index contributed by atoms with van der Waals surface area (Å²) in [6.45, 7) is 11.3. The highest BCUT2D eigenvalue weighted by atomic mass is 16.5. The van der Waals surface area contributed by atoms with Crippen molar-refractivity contribution in [1.29, 1.82) is 0 Å². The molecule has 0 amide bonds. The molecular weight excluding hydrogens is 386 g/mol. The Bertz CT molecular complexity index is 889. The molecule has 166 valence electrons. The second-order valence-corrected chi connectivity index (χ2v) is 8.84. The van der Waals surface area contributed by atoms with E-state index in [1.54, 1.807) is 0 Å². The minimum absolute atomic E-state index is 0.240. The number of aryl methyl sites for hydroxylation is 1. The Morgan fingerprint density at radius 1 is 1.10 bits per heavy atom. The average Bonchev–Trinajstić information content (AvgIpc) is 3.39. The Kier molecular flexibility index (Phi) is 7.38. The molecule has 2 aliphatic heterocycles. The fourth-order valence-electron chi connectivity index (χ4n) is 4.68. The van der Waals surface area contributed by atoms with Crippen molar-refractivity contribution in [1.82, 2.24) is 14.4 Å². The van der Waals surface area contributed by atoms with E-state index in [2.05, 4.69) is 70.7 Å². The lowest BCUT2D eigenvalue weighted by Crippen LogP contribution is -2.47. The number of rotatable bonds is 8. The number of piperazine rings is 1. The van der Waals surface area contributed by atoms with Crippen LogP contribution in [0.5, 0.6) is 0 Å². The highest BCUT2D eigenvalue weighted by Crippen LogP contribution is 2.21. The van der Waals surface area contributed by atoms with Crippen molar-refractivity contribution in [2.45, 2.75) is 39.3 Å². The highest BCUT2D eigenvalue weighted by molar-refractivity contribution is 5.99. The first-order valence-electron chi connectivity index (χ1n) is 11.6. The summed E-state index contributed by atoms with van der Waals surface area (Å²) in [7, 11) is 0. The minimum Gasteiger partial charge on any atom is -0.376 e. The number of benzene rings is 1. The average molecular weight is 422 g/mol. The number of nitrogens with zero attached hydrogens (tertiary/aromatic N) is 3. The van der Waals surface area contributed by atoms with Crippen molar-refractivity contribution >= 4 is 11.9 Å². The largest absolute Gasteiger partial charge is 0.376 e. The molecule has 0 radical (unpaired) electrons. The number of ether oxygens (including phenoxy) is 1. The molecule has 0 saturated carbocycles. The van der Waals surface area contributed by atoms with E-state index in [4.69, 9.17) is 4.74 Å². The lowest BCUT2D eigenvalue weighted by molar-refractivity contribution is 0.0861. The molecule has 2 fully saturated rings. The van der Waals surface area contributed by atoms with Crippen molar-refractivity contribution < 1.29 is 9.53 Å². The SMILES string of the molecule is Cc1cc(C(=O)CN2CCN(C/C=C/c3ccccc3)CC2)c(C)n1C[C@H]1CCCO1. The topological polar surface area (TPSA) is 37.7 Å². The summed E-state index contributed by atoms with van der Waals surface area (Å²) in [6.07, 6.45) is 6.97. The molecule has 2 aromatic rings.